The van der Waals surface area contributed by atoms with Gasteiger partial charge >= 0.3 is 0 Å². The highest BCUT2D eigenvalue weighted by atomic mass is 16.7. The van der Waals surface area contributed by atoms with Gasteiger partial charge in [-0.25, -0.2) is 0 Å². The van der Waals surface area contributed by atoms with Gasteiger partial charge in [-0.3, -0.25) is 19.2 Å². The van der Waals surface area contributed by atoms with Crippen LogP contribution in [0, 0.1) is 11.8 Å². The Kier molecular flexibility index (Phi) is 5.81. The Balaban J connectivity index is 1.91. The topological polar surface area (TPSA) is 75.7 Å². The average Bonchev–Trinajstić information content (AvgIpc) is 2.68. The molecule has 1 aliphatic rings. The van der Waals surface area contributed by atoms with Gasteiger partial charge in [-0.2, -0.15) is 0 Å². The number of rotatable bonds is 5. The molecule has 29 heavy (non-hydrogen) atoms. The maximum atomic E-state index is 13.1. The predicted octanol–water partition coefficient (Wildman–Crippen LogP) is 2.80. The first kappa shape index (κ1) is 20.3. The SMILES string of the molecule is CC#CC(C)(C)NC(=O)C1C(=O)N(OCc2ccccc2)C(=O)c2ccccc21. The molecule has 3 amide bonds. The molecule has 1 atom stereocenters. The first-order valence-corrected chi connectivity index (χ1v) is 9.24. The Labute approximate surface area is 169 Å². The number of hydroxylamine groups is 2. The van der Waals surface area contributed by atoms with Gasteiger partial charge in [-0.05, 0) is 38.0 Å². The summed E-state index contributed by atoms with van der Waals surface area (Å²) in [6.07, 6.45) is 0. The maximum absolute atomic E-state index is 13.1. The zero-order chi connectivity index (χ0) is 21.0. The van der Waals surface area contributed by atoms with Crippen LogP contribution < -0.4 is 5.32 Å². The second-order valence-corrected chi connectivity index (χ2v) is 7.21. The van der Waals surface area contributed by atoms with Gasteiger partial charge in [-0.1, -0.05) is 54.5 Å². The van der Waals surface area contributed by atoms with Crippen molar-refractivity contribution in [1.82, 2.24) is 10.4 Å². The lowest BCUT2D eigenvalue weighted by molar-refractivity contribution is -0.177. The summed E-state index contributed by atoms with van der Waals surface area (Å²) >= 11 is 0. The van der Waals surface area contributed by atoms with Crippen molar-refractivity contribution in [1.29, 1.82) is 0 Å². The molecule has 148 valence electrons. The summed E-state index contributed by atoms with van der Waals surface area (Å²) in [6.45, 7) is 5.19. The molecule has 0 aromatic heterocycles. The second kappa shape index (κ2) is 8.29. The smallest absolute Gasteiger partial charge is 0.285 e. The molecule has 0 saturated heterocycles. The van der Waals surface area contributed by atoms with E-state index in [2.05, 4.69) is 17.2 Å². The highest BCUT2D eigenvalue weighted by Gasteiger charge is 2.44. The van der Waals surface area contributed by atoms with Crippen molar-refractivity contribution in [2.45, 2.75) is 38.8 Å². The minimum atomic E-state index is -1.20. The fourth-order valence-electron chi connectivity index (χ4n) is 3.22. The molecule has 2 aromatic carbocycles. The Morgan fingerprint density at radius 1 is 1.10 bits per heavy atom. The van der Waals surface area contributed by atoms with Crippen LogP contribution >= 0.6 is 0 Å². The standard InChI is InChI=1S/C23H22N2O4/c1-4-14-23(2,3)24-20(26)19-17-12-8-9-13-18(17)21(27)25(22(19)28)29-15-16-10-6-5-7-11-16/h5-13,19H,15H2,1-3H3,(H,24,26). The minimum absolute atomic E-state index is 0.0294. The molecule has 1 unspecified atom stereocenters. The van der Waals surface area contributed by atoms with Crippen molar-refractivity contribution in [3.8, 4) is 11.8 Å². The Morgan fingerprint density at radius 2 is 1.76 bits per heavy atom. The lowest BCUT2D eigenvalue weighted by Crippen LogP contribution is -2.52. The van der Waals surface area contributed by atoms with Crippen LogP contribution in [0.5, 0.6) is 0 Å². The minimum Gasteiger partial charge on any atom is -0.339 e. The number of hydrogen-bond acceptors (Lipinski definition) is 4. The van der Waals surface area contributed by atoms with Crippen LogP contribution in [0.1, 0.15) is 48.2 Å². The molecular weight excluding hydrogens is 368 g/mol. The van der Waals surface area contributed by atoms with E-state index in [0.29, 0.717) is 10.6 Å². The van der Waals surface area contributed by atoms with Crippen LogP contribution in [0.3, 0.4) is 0 Å². The quantitative estimate of drug-likeness (QED) is 0.484. The first-order valence-electron chi connectivity index (χ1n) is 9.24. The summed E-state index contributed by atoms with van der Waals surface area (Å²) in [4.78, 5) is 44.4. The normalized spacial score (nSPS) is 16.0. The third-order valence-corrected chi connectivity index (χ3v) is 4.47. The predicted molar refractivity (Wildman–Crippen MR) is 107 cm³/mol. The summed E-state index contributed by atoms with van der Waals surface area (Å²) < 4.78 is 0. The van der Waals surface area contributed by atoms with Gasteiger partial charge in [0.25, 0.3) is 11.8 Å². The van der Waals surface area contributed by atoms with Crippen molar-refractivity contribution in [3.05, 3.63) is 71.3 Å². The number of carbonyl (C=O) groups excluding carboxylic acids is 3. The maximum Gasteiger partial charge on any atom is 0.285 e. The molecule has 3 rings (SSSR count). The monoisotopic (exact) mass is 390 g/mol. The fourth-order valence-corrected chi connectivity index (χ4v) is 3.22. The number of imide groups is 1. The second-order valence-electron chi connectivity index (χ2n) is 7.21. The molecule has 6 nitrogen and oxygen atoms in total. The molecule has 1 N–H and O–H groups in total. The molecule has 6 heteroatoms. The van der Waals surface area contributed by atoms with Gasteiger partial charge in [0.1, 0.15) is 12.5 Å². The van der Waals surface area contributed by atoms with Crippen LogP contribution in [-0.2, 0) is 21.0 Å². The number of amides is 3. The van der Waals surface area contributed by atoms with E-state index in [1.54, 1.807) is 45.0 Å². The summed E-state index contributed by atoms with van der Waals surface area (Å²) in [7, 11) is 0. The molecule has 0 spiro atoms. The average molecular weight is 390 g/mol. The van der Waals surface area contributed by atoms with Crippen molar-refractivity contribution < 1.29 is 19.2 Å². The van der Waals surface area contributed by atoms with Gasteiger partial charge in [0.05, 0.1) is 5.54 Å². The van der Waals surface area contributed by atoms with Gasteiger partial charge in [0, 0.05) is 5.56 Å². The number of nitrogens with one attached hydrogen (secondary N) is 1. The fraction of sp³-hybridized carbons (Fsp3) is 0.261. The van der Waals surface area contributed by atoms with Crippen LogP contribution in [-0.4, -0.2) is 28.3 Å². The highest BCUT2D eigenvalue weighted by Crippen LogP contribution is 2.30. The number of fused-ring (bicyclic) bond motifs is 1. The van der Waals surface area contributed by atoms with Crippen molar-refractivity contribution in [2.24, 2.45) is 0 Å². The van der Waals surface area contributed by atoms with Crippen LogP contribution in [0.15, 0.2) is 54.6 Å². The van der Waals surface area contributed by atoms with Gasteiger partial charge < -0.3 is 5.32 Å². The Bertz CT molecular complexity index is 1000. The molecule has 2 aromatic rings. The zero-order valence-corrected chi connectivity index (χ0v) is 16.6. The molecule has 1 heterocycles. The van der Waals surface area contributed by atoms with Crippen LogP contribution in [0.4, 0.5) is 0 Å². The van der Waals surface area contributed by atoms with E-state index < -0.39 is 29.2 Å². The molecule has 0 fully saturated rings. The van der Waals surface area contributed by atoms with Crippen LogP contribution in [0.25, 0.3) is 0 Å². The van der Waals surface area contributed by atoms with Gasteiger partial charge in [0.2, 0.25) is 5.91 Å². The largest absolute Gasteiger partial charge is 0.339 e. The van der Waals surface area contributed by atoms with E-state index in [-0.39, 0.29) is 12.2 Å². The molecule has 0 bridgehead atoms. The van der Waals surface area contributed by atoms with E-state index in [4.69, 9.17) is 4.84 Å². The van der Waals surface area contributed by atoms with E-state index in [9.17, 15) is 14.4 Å². The third kappa shape index (κ3) is 4.36. The summed E-state index contributed by atoms with van der Waals surface area (Å²) in [5.74, 6) is 2.62. The summed E-state index contributed by atoms with van der Waals surface area (Å²) in [6, 6.07) is 15.7. The first-order chi connectivity index (χ1) is 13.8. The molecule has 0 radical (unpaired) electrons. The number of carbonyl (C=O) groups is 3. The van der Waals surface area contributed by atoms with E-state index in [1.165, 1.54) is 0 Å². The lowest BCUT2D eigenvalue weighted by Gasteiger charge is -2.32. The third-order valence-electron chi connectivity index (χ3n) is 4.47. The molecule has 0 saturated carbocycles. The van der Waals surface area contributed by atoms with Crippen molar-refractivity contribution >= 4 is 17.7 Å². The Hall–Kier alpha value is -3.43. The van der Waals surface area contributed by atoms with E-state index in [1.807, 2.05) is 30.3 Å². The summed E-state index contributed by atoms with van der Waals surface area (Å²) in [5.41, 5.74) is 0.602. The van der Waals surface area contributed by atoms with Gasteiger partial charge in [-0.15, -0.1) is 11.0 Å². The summed E-state index contributed by atoms with van der Waals surface area (Å²) in [5, 5.41) is 3.47. The number of benzene rings is 2. The Morgan fingerprint density at radius 3 is 2.45 bits per heavy atom. The van der Waals surface area contributed by atoms with Gasteiger partial charge in [0.15, 0.2) is 0 Å². The van der Waals surface area contributed by atoms with E-state index in [0.717, 1.165) is 5.56 Å². The molecular formula is C23H22N2O4. The molecule has 0 aliphatic carbocycles. The van der Waals surface area contributed by atoms with Crippen molar-refractivity contribution in [3.63, 3.8) is 0 Å². The zero-order valence-electron chi connectivity index (χ0n) is 16.6. The van der Waals surface area contributed by atoms with Crippen molar-refractivity contribution in [2.75, 3.05) is 0 Å². The highest BCUT2D eigenvalue weighted by molar-refractivity contribution is 6.18. The van der Waals surface area contributed by atoms with E-state index >= 15 is 0 Å². The molecule has 1 aliphatic heterocycles. The van der Waals surface area contributed by atoms with Crippen LogP contribution in [0.2, 0.25) is 0 Å². The number of hydrogen-bond donors (Lipinski definition) is 1. The lowest BCUT2D eigenvalue weighted by atomic mass is 9.88. The number of nitrogens with zero attached hydrogens (tertiary/aromatic N) is 1.